The van der Waals surface area contributed by atoms with E-state index in [1.165, 1.54) is 12.8 Å². The molecule has 0 saturated carbocycles. The van der Waals surface area contributed by atoms with E-state index in [-0.39, 0.29) is 18.2 Å². The number of rotatable bonds is 7. The van der Waals surface area contributed by atoms with E-state index in [0.717, 1.165) is 25.6 Å². The number of carboxylic acid groups (broad SMARTS) is 1. The van der Waals surface area contributed by atoms with E-state index >= 15 is 0 Å². The van der Waals surface area contributed by atoms with Crippen LogP contribution < -0.4 is 5.32 Å². The number of carboxylic acids is 1. The number of nitrogens with one attached hydrogen (secondary N) is 1. The van der Waals surface area contributed by atoms with Gasteiger partial charge in [0.15, 0.2) is 0 Å². The minimum absolute atomic E-state index is 0.0425. The molecule has 2 N–H and O–H groups in total. The topological polar surface area (TPSA) is 69.6 Å². The Hall–Kier alpha value is -1.10. The summed E-state index contributed by atoms with van der Waals surface area (Å²) in [6.45, 7) is 7.86. The zero-order chi connectivity index (χ0) is 14.3. The first-order chi connectivity index (χ1) is 8.97. The molecule has 1 aliphatic heterocycles. The van der Waals surface area contributed by atoms with E-state index in [1.807, 2.05) is 0 Å². The van der Waals surface area contributed by atoms with Crippen LogP contribution in [0.1, 0.15) is 39.5 Å². The Morgan fingerprint density at radius 2 is 1.95 bits per heavy atom. The standard InChI is InChI=1S/C14H26N2O3/c1-11-3-6-16(7-4-11)8-5-15-13(17)9-12(2)10-14(18)19/h11-12H,3-10H2,1-2H3,(H,15,17)(H,18,19). The monoisotopic (exact) mass is 270 g/mol. The van der Waals surface area contributed by atoms with Gasteiger partial charge in [0.2, 0.25) is 5.91 Å². The Bertz CT molecular complexity index is 299. The predicted octanol–water partition coefficient (Wildman–Crippen LogP) is 1.34. The number of likely N-dealkylation sites (tertiary alicyclic amines) is 1. The van der Waals surface area contributed by atoms with Gasteiger partial charge < -0.3 is 15.3 Å². The van der Waals surface area contributed by atoms with Gasteiger partial charge in [-0.05, 0) is 37.8 Å². The maximum absolute atomic E-state index is 11.6. The van der Waals surface area contributed by atoms with Crippen LogP contribution in [0.25, 0.3) is 0 Å². The summed E-state index contributed by atoms with van der Waals surface area (Å²) in [5, 5.41) is 11.5. The summed E-state index contributed by atoms with van der Waals surface area (Å²) >= 11 is 0. The van der Waals surface area contributed by atoms with Crippen molar-refractivity contribution in [2.75, 3.05) is 26.2 Å². The first-order valence-corrected chi connectivity index (χ1v) is 7.18. The van der Waals surface area contributed by atoms with Crippen molar-refractivity contribution in [3.05, 3.63) is 0 Å². The Balaban J connectivity index is 2.08. The van der Waals surface area contributed by atoms with Gasteiger partial charge in [-0.1, -0.05) is 13.8 Å². The normalized spacial score (nSPS) is 19.1. The Morgan fingerprint density at radius 3 is 2.53 bits per heavy atom. The van der Waals surface area contributed by atoms with Gasteiger partial charge >= 0.3 is 5.97 Å². The highest BCUT2D eigenvalue weighted by Crippen LogP contribution is 2.15. The molecule has 19 heavy (non-hydrogen) atoms. The quantitative estimate of drug-likeness (QED) is 0.732. The molecular weight excluding hydrogens is 244 g/mol. The van der Waals surface area contributed by atoms with E-state index in [4.69, 9.17) is 5.11 Å². The van der Waals surface area contributed by atoms with Crippen molar-refractivity contribution in [2.45, 2.75) is 39.5 Å². The molecule has 5 nitrogen and oxygen atoms in total. The molecule has 1 heterocycles. The average molecular weight is 270 g/mol. The lowest BCUT2D eigenvalue weighted by atomic mass is 9.99. The molecule has 1 amide bonds. The molecule has 0 aromatic rings. The van der Waals surface area contributed by atoms with Crippen LogP contribution in [0.3, 0.4) is 0 Å². The van der Waals surface area contributed by atoms with E-state index in [2.05, 4.69) is 17.1 Å². The fraction of sp³-hybridized carbons (Fsp3) is 0.857. The Kier molecular flexibility index (Phi) is 6.84. The summed E-state index contributed by atoms with van der Waals surface area (Å²) in [4.78, 5) is 24.5. The van der Waals surface area contributed by atoms with Crippen molar-refractivity contribution < 1.29 is 14.7 Å². The number of piperidine rings is 1. The molecule has 0 radical (unpaired) electrons. The highest BCUT2D eigenvalue weighted by Gasteiger charge is 2.16. The van der Waals surface area contributed by atoms with Gasteiger partial charge in [-0.15, -0.1) is 0 Å². The summed E-state index contributed by atoms with van der Waals surface area (Å²) in [6, 6.07) is 0. The van der Waals surface area contributed by atoms with E-state index in [0.29, 0.717) is 13.0 Å². The number of carbonyl (C=O) groups excluding carboxylic acids is 1. The van der Waals surface area contributed by atoms with E-state index < -0.39 is 5.97 Å². The van der Waals surface area contributed by atoms with Crippen LogP contribution in [0.2, 0.25) is 0 Å². The molecule has 1 aliphatic rings. The molecule has 1 saturated heterocycles. The third-order valence-electron chi connectivity index (χ3n) is 3.68. The van der Waals surface area contributed by atoms with Crippen molar-refractivity contribution in [3.63, 3.8) is 0 Å². The average Bonchev–Trinajstić information content (AvgIpc) is 2.30. The lowest BCUT2D eigenvalue weighted by Crippen LogP contribution is -2.39. The highest BCUT2D eigenvalue weighted by molar-refractivity contribution is 5.77. The molecular formula is C14H26N2O3. The van der Waals surface area contributed by atoms with Crippen molar-refractivity contribution in [3.8, 4) is 0 Å². The van der Waals surface area contributed by atoms with E-state index in [9.17, 15) is 9.59 Å². The maximum Gasteiger partial charge on any atom is 0.303 e. The fourth-order valence-electron chi connectivity index (χ4n) is 2.40. The molecule has 1 atom stereocenters. The summed E-state index contributed by atoms with van der Waals surface area (Å²) in [6.07, 6.45) is 2.83. The molecule has 1 fully saturated rings. The molecule has 0 spiro atoms. The molecule has 0 aliphatic carbocycles. The van der Waals surface area contributed by atoms with Crippen LogP contribution >= 0.6 is 0 Å². The Morgan fingerprint density at radius 1 is 1.32 bits per heavy atom. The Labute approximate surface area is 115 Å². The largest absolute Gasteiger partial charge is 0.481 e. The number of carbonyl (C=O) groups is 2. The lowest BCUT2D eigenvalue weighted by Gasteiger charge is -2.30. The maximum atomic E-state index is 11.6. The van der Waals surface area contributed by atoms with Crippen LogP contribution in [0.4, 0.5) is 0 Å². The second kappa shape index (κ2) is 8.15. The third kappa shape index (κ3) is 7.15. The fourth-order valence-corrected chi connectivity index (χ4v) is 2.40. The number of amides is 1. The molecule has 1 unspecified atom stereocenters. The van der Waals surface area contributed by atoms with Crippen LogP contribution in [0, 0.1) is 11.8 Å². The summed E-state index contributed by atoms with van der Waals surface area (Å²) in [5.74, 6) is -0.169. The first kappa shape index (κ1) is 16.0. The highest BCUT2D eigenvalue weighted by atomic mass is 16.4. The first-order valence-electron chi connectivity index (χ1n) is 7.18. The van der Waals surface area contributed by atoms with Gasteiger partial charge in [0.25, 0.3) is 0 Å². The summed E-state index contributed by atoms with van der Waals surface area (Å²) in [7, 11) is 0. The molecule has 110 valence electrons. The van der Waals surface area contributed by atoms with Crippen LogP contribution in [0.15, 0.2) is 0 Å². The predicted molar refractivity (Wildman–Crippen MR) is 73.9 cm³/mol. The summed E-state index contributed by atoms with van der Waals surface area (Å²) in [5.41, 5.74) is 0. The minimum atomic E-state index is -0.845. The van der Waals surface area contributed by atoms with Crippen molar-refractivity contribution in [1.29, 1.82) is 0 Å². The zero-order valence-corrected chi connectivity index (χ0v) is 12.0. The van der Waals surface area contributed by atoms with Crippen LogP contribution in [0.5, 0.6) is 0 Å². The SMILES string of the molecule is CC1CCN(CCNC(=O)CC(C)CC(=O)O)CC1. The lowest BCUT2D eigenvalue weighted by molar-refractivity contribution is -0.138. The third-order valence-corrected chi connectivity index (χ3v) is 3.68. The van der Waals surface area contributed by atoms with Gasteiger partial charge in [0.05, 0.1) is 0 Å². The van der Waals surface area contributed by atoms with Gasteiger partial charge in [-0.25, -0.2) is 0 Å². The zero-order valence-electron chi connectivity index (χ0n) is 12.0. The second-order valence-corrected chi connectivity index (χ2v) is 5.78. The van der Waals surface area contributed by atoms with Gasteiger partial charge in [0.1, 0.15) is 0 Å². The number of hydrogen-bond acceptors (Lipinski definition) is 3. The van der Waals surface area contributed by atoms with Gasteiger partial charge in [0, 0.05) is 25.9 Å². The van der Waals surface area contributed by atoms with Crippen LogP contribution in [-0.2, 0) is 9.59 Å². The molecule has 5 heteroatoms. The molecule has 0 bridgehead atoms. The van der Waals surface area contributed by atoms with Crippen molar-refractivity contribution in [1.82, 2.24) is 10.2 Å². The second-order valence-electron chi connectivity index (χ2n) is 5.78. The molecule has 1 rings (SSSR count). The van der Waals surface area contributed by atoms with Crippen molar-refractivity contribution in [2.24, 2.45) is 11.8 Å². The smallest absolute Gasteiger partial charge is 0.303 e. The van der Waals surface area contributed by atoms with Gasteiger partial charge in [-0.2, -0.15) is 0 Å². The van der Waals surface area contributed by atoms with E-state index in [1.54, 1.807) is 6.92 Å². The number of aliphatic carboxylic acids is 1. The number of hydrogen-bond donors (Lipinski definition) is 2. The molecule has 0 aromatic carbocycles. The molecule has 0 aromatic heterocycles. The minimum Gasteiger partial charge on any atom is -0.481 e. The van der Waals surface area contributed by atoms with Gasteiger partial charge in [-0.3, -0.25) is 9.59 Å². The van der Waals surface area contributed by atoms with Crippen LogP contribution in [-0.4, -0.2) is 48.1 Å². The summed E-state index contributed by atoms with van der Waals surface area (Å²) < 4.78 is 0. The number of nitrogens with zero attached hydrogens (tertiary/aromatic N) is 1. The van der Waals surface area contributed by atoms with Crippen molar-refractivity contribution >= 4 is 11.9 Å².